The van der Waals surface area contributed by atoms with Gasteiger partial charge in [-0.25, -0.2) is 0 Å². The van der Waals surface area contributed by atoms with Crippen molar-refractivity contribution in [3.63, 3.8) is 0 Å². The van der Waals surface area contributed by atoms with E-state index in [1.165, 1.54) is 0 Å². The van der Waals surface area contributed by atoms with Gasteiger partial charge in [-0.3, -0.25) is 4.79 Å². The third-order valence-electron chi connectivity index (χ3n) is 2.81. The zero-order chi connectivity index (χ0) is 14.7. The topological polar surface area (TPSA) is 59.0 Å². The Hall–Kier alpha value is -1.82. The van der Waals surface area contributed by atoms with Crippen LogP contribution in [0.1, 0.15) is 20.8 Å². The summed E-state index contributed by atoms with van der Waals surface area (Å²) >= 11 is 5.30. The highest BCUT2D eigenvalue weighted by Gasteiger charge is 2.12. The third-order valence-corrected chi connectivity index (χ3v) is 3.13. The average Bonchev–Trinajstić information content (AvgIpc) is 2.67. The molecule has 0 saturated heterocycles. The molecule has 0 fully saturated rings. The minimum atomic E-state index is -0.0559. The average molecular weight is 293 g/mol. The monoisotopic (exact) mass is 293 g/mol. The second-order valence-electron chi connectivity index (χ2n) is 4.79. The molecule has 108 valence electrons. The number of imidazole rings is 1. The van der Waals surface area contributed by atoms with E-state index in [9.17, 15) is 4.79 Å². The van der Waals surface area contributed by atoms with Gasteiger partial charge in [-0.1, -0.05) is 6.07 Å². The van der Waals surface area contributed by atoms with E-state index < -0.39 is 0 Å². The summed E-state index contributed by atoms with van der Waals surface area (Å²) in [6.07, 6.45) is 0.0781. The maximum atomic E-state index is 11.7. The number of benzene rings is 1. The Balaban J connectivity index is 2.44. The van der Waals surface area contributed by atoms with Crippen LogP contribution in [0, 0.1) is 4.77 Å². The van der Waals surface area contributed by atoms with Gasteiger partial charge in [0.25, 0.3) is 0 Å². The van der Waals surface area contributed by atoms with E-state index in [1.54, 1.807) is 4.57 Å². The second-order valence-corrected chi connectivity index (χ2v) is 5.17. The number of aromatic amines is 1. The van der Waals surface area contributed by atoms with Crippen molar-refractivity contribution < 1.29 is 9.53 Å². The lowest BCUT2D eigenvalue weighted by molar-refractivity contribution is -0.121. The second kappa shape index (κ2) is 6.09. The number of H-pyrrole nitrogens is 1. The maximum Gasteiger partial charge on any atom is 0.240 e. The molecule has 1 aromatic carbocycles. The molecule has 0 radical (unpaired) electrons. The number of rotatable bonds is 5. The van der Waals surface area contributed by atoms with Crippen LogP contribution in [0.2, 0.25) is 0 Å². The standard InChI is InChI=1S/C14H19N3O2S/c1-4-15-12(18)8-17-10-6-5-7-11(19-9(2)3)13(10)16-14(17)20/h5-7,9H,4,8H2,1-3H3,(H,15,18)(H,16,20). The summed E-state index contributed by atoms with van der Waals surface area (Å²) in [6.45, 7) is 6.65. The number of hydrogen-bond acceptors (Lipinski definition) is 3. The molecule has 0 aliphatic heterocycles. The Kier molecular flexibility index (Phi) is 4.44. The molecule has 0 aliphatic carbocycles. The van der Waals surface area contributed by atoms with Gasteiger partial charge in [0.2, 0.25) is 5.91 Å². The Morgan fingerprint density at radius 1 is 1.50 bits per heavy atom. The smallest absolute Gasteiger partial charge is 0.240 e. The SMILES string of the molecule is CCNC(=O)Cn1c(=S)[nH]c2c(OC(C)C)cccc21. The zero-order valence-electron chi connectivity index (χ0n) is 11.9. The molecular weight excluding hydrogens is 274 g/mol. The van der Waals surface area contributed by atoms with Crippen LogP contribution < -0.4 is 10.1 Å². The fourth-order valence-corrected chi connectivity index (χ4v) is 2.32. The molecule has 0 aliphatic rings. The minimum Gasteiger partial charge on any atom is -0.489 e. The number of likely N-dealkylation sites (N-methyl/N-ethyl adjacent to an activating group) is 1. The first-order chi connectivity index (χ1) is 9.52. The van der Waals surface area contributed by atoms with Gasteiger partial charge < -0.3 is 19.6 Å². The van der Waals surface area contributed by atoms with Crippen molar-refractivity contribution in [2.45, 2.75) is 33.4 Å². The third kappa shape index (κ3) is 3.01. The molecule has 1 amide bonds. The molecule has 1 aromatic heterocycles. The molecule has 2 N–H and O–H groups in total. The van der Waals surface area contributed by atoms with Gasteiger partial charge in [0.15, 0.2) is 4.77 Å². The van der Waals surface area contributed by atoms with Crippen molar-refractivity contribution in [1.29, 1.82) is 0 Å². The highest BCUT2D eigenvalue weighted by molar-refractivity contribution is 7.71. The van der Waals surface area contributed by atoms with Crippen molar-refractivity contribution in [2.75, 3.05) is 6.54 Å². The van der Waals surface area contributed by atoms with Gasteiger partial charge in [-0.05, 0) is 45.1 Å². The fourth-order valence-electron chi connectivity index (χ4n) is 2.06. The fraction of sp³-hybridized carbons (Fsp3) is 0.429. The predicted molar refractivity (Wildman–Crippen MR) is 81.6 cm³/mol. The Morgan fingerprint density at radius 2 is 2.25 bits per heavy atom. The van der Waals surface area contributed by atoms with Gasteiger partial charge >= 0.3 is 0 Å². The molecule has 0 atom stereocenters. The van der Waals surface area contributed by atoms with Gasteiger partial charge in [0.05, 0.1) is 11.6 Å². The van der Waals surface area contributed by atoms with Crippen LogP contribution in [-0.2, 0) is 11.3 Å². The number of aromatic nitrogens is 2. The van der Waals surface area contributed by atoms with Crippen LogP contribution >= 0.6 is 12.2 Å². The Morgan fingerprint density at radius 3 is 2.90 bits per heavy atom. The van der Waals surface area contributed by atoms with E-state index in [0.29, 0.717) is 11.3 Å². The van der Waals surface area contributed by atoms with Crippen LogP contribution in [0.15, 0.2) is 18.2 Å². The summed E-state index contributed by atoms with van der Waals surface area (Å²) in [6, 6.07) is 5.72. The van der Waals surface area contributed by atoms with Gasteiger partial charge in [-0.2, -0.15) is 0 Å². The molecule has 20 heavy (non-hydrogen) atoms. The molecule has 0 unspecified atom stereocenters. The predicted octanol–water partition coefficient (Wildman–Crippen LogP) is 2.62. The summed E-state index contributed by atoms with van der Waals surface area (Å²) in [5, 5.41) is 2.77. The number of carbonyl (C=O) groups excluding carboxylic acids is 1. The van der Waals surface area contributed by atoms with E-state index in [0.717, 1.165) is 16.8 Å². The van der Waals surface area contributed by atoms with Crippen molar-refractivity contribution in [3.8, 4) is 5.75 Å². The molecule has 2 aromatic rings. The quantitative estimate of drug-likeness (QED) is 0.833. The molecule has 0 spiro atoms. The number of carbonyl (C=O) groups is 1. The van der Waals surface area contributed by atoms with E-state index in [4.69, 9.17) is 17.0 Å². The minimum absolute atomic E-state index is 0.0559. The van der Waals surface area contributed by atoms with E-state index in [1.807, 2.05) is 39.0 Å². The number of para-hydroxylation sites is 1. The lowest BCUT2D eigenvalue weighted by Gasteiger charge is -2.10. The van der Waals surface area contributed by atoms with Crippen molar-refractivity contribution in [3.05, 3.63) is 23.0 Å². The molecule has 6 heteroatoms. The Bertz CT molecular complexity index is 673. The zero-order valence-corrected chi connectivity index (χ0v) is 12.7. The Labute approximate surface area is 122 Å². The normalized spacial score (nSPS) is 11.0. The molecular formula is C14H19N3O2S. The first-order valence-electron chi connectivity index (χ1n) is 6.67. The molecule has 2 rings (SSSR count). The highest BCUT2D eigenvalue weighted by atomic mass is 32.1. The summed E-state index contributed by atoms with van der Waals surface area (Å²) in [4.78, 5) is 14.9. The number of hydrogen-bond donors (Lipinski definition) is 2. The van der Waals surface area contributed by atoms with Crippen LogP contribution in [-0.4, -0.2) is 28.1 Å². The lowest BCUT2D eigenvalue weighted by atomic mass is 10.3. The van der Waals surface area contributed by atoms with E-state index in [2.05, 4.69) is 10.3 Å². The largest absolute Gasteiger partial charge is 0.489 e. The number of nitrogens with zero attached hydrogens (tertiary/aromatic N) is 1. The lowest BCUT2D eigenvalue weighted by Crippen LogP contribution is -2.27. The van der Waals surface area contributed by atoms with Crippen LogP contribution in [0.4, 0.5) is 0 Å². The number of nitrogens with one attached hydrogen (secondary N) is 2. The van der Waals surface area contributed by atoms with Gasteiger partial charge in [0.1, 0.15) is 17.8 Å². The van der Waals surface area contributed by atoms with Crippen molar-refractivity contribution in [1.82, 2.24) is 14.9 Å². The molecule has 0 saturated carbocycles. The van der Waals surface area contributed by atoms with Crippen LogP contribution in [0.3, 0.4) is 0 Å². The maximum absolute atomic E-state index is 11.7. The van der Waals surface area contributed by atoms with E-state index >= 15 is 0 Å². The van der Waals surface area contributed by atoms with E-state index in [-0.39, 0.29) is 18.6 Å². The molecule has 0 bridgehead atoms. The highest BCUT2D eigenvalue weighted by Crippen LogP contribution is 2.25. The van der Waals surface area contributed by atoms with Gasteiger partial charge in [-0.15, -0.1) is 0 Å². The molecule has 5 nitrogen and oxygen atoms in total. The molecule has 1 heterocycles. The van der Waals surface area contributed by atoms with Crippen LogP contribution in [0.5, 0.6) is 5.75 Å². The van der Waals surface area contributed by atoms with Crippen LogP contribution in [0.25, 0.3) is 11.0 Å². The first kappa shape index (κ1) is 14.6. The summed E-state index contributed by atoms with van der Waals surface area (Å²) in [5.74, 6) is 0.693. The number of amides is 1. The summed E-state index contributed by atoms with van der Waals surface area (Å²) in [5.41, 5.74) is 1.70. The number of ether oxygens (including phenoxy) is 1. The van der Waals surface area contributed by atoms with Gasteiger partial charge in [0, 0.05) is 6.54 Å². The number of fused-ring (bicyclic) bond motifs is 1. The first-order valence-corrected chi connectivity index (χ1v) is 7.08. The summed E-state index contributed by atoms with van der Waals surface area (Å²) < 4.78 is 8.06. The van der Waals surface area contributed by atoms with Crippen molar-refractivity contribution in [2.24, 2.45) is 0 Å². The summed E-state index contributed by atoms with van der Waals surface area (Å²) in [7, 11) is 0. The van der Waals surface area contributed by atoms with Crippen molar-refractivity contribution >= 4 is 29.2 Å².